The number of halogens is 2. The van der Waals surface area contributed by atoms with Crippen molar-refractivity contribution in [3.63, 3.8) is 0 Å². The third-order valence-electron chi connectivity index (χ3n) is 0.589. The van der Waals surface area contributed by atoms with Crippen LogP contribution in [-0.2, 0) is 0 Å². The van der Waals surface area contributed by atoms with E-state index in [0.29, 0.717) is 0 Å². The Morgan fingerprint density at radius 2 is 2.29 bits per heavy atom. The van der Waals surface area contributed by atoms with Crippen LogP contribution in [0.4, 0.5) is 0 Å². The zero-order chi connectivity index (χ0) is 5.70. The molecule has 0 spiro atoms. The molecular formula is C4H8Cl2Sn. The van der Waals surface area contributed by atoms with Crippen molar-refractivity contribution in [3.8, 4) is 0 Å². The summed E-state index contributed by atoms with van der Waals surface area (Å²) in [7, 11) is 0. The third kappa shape index (κ3) is 7.12. The first-order valence-corrected chi connectivity index (χ1v) is 8.22. The van der Waals surface area contributed by atoms with Crippen LogP contribution in [0.3, 0.4) is 0 Å². The van der Waals surface area contributed by atoms with E-state index in [1.807, 2.05) is 6.08 Å². The van der Waals surface area contributed by atoms with Gasteiger partial charge >= 0.3 is 64.3 Å². The van der Waals surface area contributed by atoms with Gasteiger partial charge in [0.1, 0.15) is 0 Å². The Morgan fingerprint density at radius 1 is 1.71 bits per heavy atom. The summed E-state index contributed by atoms with van der Waals surface area (Å²) in [6.45, 7) is 3.57. The summed E-state index contributed by atoms with van der Waals surface area (Å²) in [5.74, 6) is 0. The van der Waals surface area contributed by atoms with Crippen molar-refractivity contribution >= 4 is 44.3 Å². The molecule has 0 aromatic heterocycles. The summed E-state index contributed by atoms with van der Waals surface area (Å²) in [6.07, 6.45) is 1.90. The van der Waals surface area contributed by atoms with E-state index in [2.05, 4.69) is 6.58 Å². The van der Waals surface area contributed by atoms with Crippen LogP contribution in [0.25, 0.3) is 0 Å². The van der Waals surface area contributed by atoms with Crippen molar-refractivity contribution in [1.82, 2.24) is 0 Å². The molecule has 7 heavy (non-hydrogen) atoms. The molecule has 0 aromatic rings. The van der Waals surface area contributed by atoms with Crippen molar-refractivity contribution in [2.45, 2.75) is 7.29 Å². The average Bonchev–Trinajstić information content (AvgIpc) is 1.61. The summed E-state index contributed by atoms with van der Waals surface area (Å²) >= 11 is 10.2. The van der Waals surface area contributed by atoms with E-state index in [1.165, 1.54) is 0 Å². The van der Waals surface area contributed by atoms with Crippen LogP contribution in [0.1, 0.15) is 0 Å². The fourth-order valence-corrected chi connectivity index (χ4v) is 3.33. The number of hydrogen-bond donors (Lipinski definition) is 0. The minimum atomic E-state index is -0.780. The molecule has 0 aromatic carbocycles. The average molecular weight is 246 g/mol. The first kappa shape index (κ1) is 8.12. The fraction of sp³-hybridized carbons (Fsp3) is 0.500. The van der Waals surface area contributed by atoms with Crippen LogP contribution >= 0.6 is 23.2 Å². The first-order valence-electron chi connectivity index (χ1n) is 2.16. The maximum absolute atomic E-state index is 5.47. The molecule has 0 fully saturated rings. The number of hydrogen-bond acceptors (Lipinski definition) is 0. The van der Waals surface area contributed by atoms with Gasteiger partial charge in [-0.25, -0.2) is 0 Å². The van der Waals surface area contributed by atoms with E-state index in [-0.39, 0.29) is 2.85 Å². The Labute approximate surface area is 64.1 Å². The molecular weight excluding hydrogens is 238 g/mol. The molecule has 0 atom stereocenters. The fourth-order valence-electron chi connectivity index (χ4n) is 0.244. The van der Waals surface area contributed by atoms with Gasteiger partial charge in [0.25, 0.3) is 0 Å². The van der Waals surface area contributed by atoms with Crippen molar-refractivity contribution in [1.29, 1.82) is 0 Å². The van der Waals surface area contributed by atoms with Crippen LogP contribution in [0.2, 0.25) is 4.44 Å². The predicted molar refractivity (Wildman–Crippen MR) is 39.0 cm³/mol. The van der Waals surface area contributed by atoms with Crippen molar-refractivity contribution < 1.29 is 0 Å². The second-order valence-corrected chi connectivity index (χ2v) is 11.1. The van der Waals surface area contributed by atoms with Gasteiger partial charge < -0.3 is 0 Å². The summed E-state index contributed by atoms with van der Waals surface area (Å²) < 4.78 is 1.10. The maximum atomic E-state index is 5.47. The number of alkyl halides is 2. The normalized spacial score (nSPS) is 11.3. The summed E-state index contributed by atoms with van der Waals surface area (Å²) in [5, 5.41) is 0. The topological polar surface area (TPSA) is 0 Å². The SMILES string of the molecule is C=C[CH2][SnH2][CH](Cl)Cl. The predicted octanol–water partition coefficient (Wildman–Crippen LogP) is 1.52. The molecule has 0 aliphatic heterocycles. The van der Waals surface area contributed by atoms with Gasteiger partial charge in [0.2, 0.25) is 0 Å². The van der Waals surface area contributed by atoms with Crippen LogP contribution in [0.5, 0.6) is 0 Å². The molecule has 0 heterocycles. The van der Waals surface area contributed by atoms with Crippen LogP contribution in [0, 0.1) is 0 Å². The quantitative estimate of drug-likeness (QED) is 0.402. The number of rotatable bonds is 3. The van der Waals surface area contributed by atoms with Gasteiger partial charge in [0.15, 0.2) is 0 Å². The van der Waals surface area contributed by atoms with Crippen molar-refractivity contribution in [3.05, 3.63) is 12.7 Å². The van der Waals surface area contributed by atoms with Gasteiger partial charge in [-0.05, 0) is 0 Å². The molecule has 0 unspecified atom stereocenters. The molecule has 0 amide bonds. The van der Waals surface area contributed by atoms with Crippen LogP contribution in [-0.4, -0.2) is 24.0 Å². The Bertz CT molecular complexity index is 53.7. The molecule has 0 bridgehead atoms. The van der Waals surface area contributed by atoms with E-state index < -0.39 is 21.1 Å². The second kappa shape index (κ2) is 5.26. The van der Waals surface area contributed by atoms with E-state index in [4.69, 9.17) is 23.2 Å². The van der Waals surface area contributed by atoms with Gasteiger partial charge in [0.05, 0.1) is 0 Å². The molecule has 42 valence electrons. The third-order valence-corrected chi connectivity index (χ3v) is 6.88. The zero-order valence-electron chi connectivity index (χ0n) is 4.03. The molecule has 0 saturated heterocycles. The summed E-state index contributed by atoms with van der Waals surface area (Å²) in [5.41, 5.74) is 0. The van der Waals surface area contributed by atoms with Crippen molar-refractivity contribution in [2.24, 2.45) is 0 Å². The van der Waals surface area contributed by atoms with E-state index in [1.54, 1.807) is 0 Å². The standard InChI is InChI=1S/C3H5.CHCl2.Sn.2H/c1-3-2;2-1-3;;;/h3H,1-2H2;1H;;;. The molecule has 0 aliphatic carbocycles. The molecule has 0 N–H and O–H groups in total. The molecule has 3 heteroatoms. The van der Waals surface area contributed by atoms with E-state index in [9.17, 15) is 0 Å². The molecule has 0 nitrogen and oxygen atoms in total. The summed E-state index contributed by atoms with van der Waals surface area (Å²) in [6, 6.07) is 0. The molecule has 0 rings (SSSR count). The van der Waals surface area contributed by atoms with Gasteiger partial charge in [-0.15, -0.1) is 0 Å². The monoisotopic (exact) mass is 246 g/mol. The van der Waals surface area contributed by atoms with Crippen molar-refractivity contribution in [2.75, 3.05) is 0 Å². The summed E-state index contributed by atoms with van der Waals surface area (Å²) in [4.78, 5) is 0. The second-order valence-electron chi connectivity index (χ2n) is 1.26. The van der Waals surface area contributed by atoms with E-state index >= 15 is 0 Å². The number of allylic oxidation sites excluding steroid dienone is 1. The van der Waals surface area contributed by atoms with Gasteiger partial charge in [-0.1, -0.05) is 0 Å². The van der Waals surface area contributed by atoms with E-state index in [0.717, 1.165) is 4.44 Å². The Kier molecular flexibility index (Phi) is 6.10. The molecule has 0 radical (unpaired) electrons. The molecule has 0 saturated carbocycles. The van der Waals surface area contributed by atoms with Crippen LogP contribution in [0.15, 0.2) is 12.7 Å². The molecule has 0 aliphatic rings. The van der Waals surface area contributed by atoms with Gasteiger partial charge in [-0.2, -0.15) is 0 Å². The van der Waals surface area contributed by atoms with Gasteiger partial charge in [0, 0.05) is 0 Å². The Hall–Kier alpha value is 1.12. The minimum absolute atomic E-state index is 0.0141. The first-order chi connectivity index (χ1) is 3.27. The zero-order valence-corrected chi connectivity index (χ0v) is 9.58. The Balaban J connectivity index is 2.81. The Morgan fingerprint density at radius 3 is 2.43 bits per heavy atom. The van der Waals surface area contributed by atoms with Gasteiger partial charge in [-0.3, -0.25) is 0 Å². The van der Waals surface area contributed by atoms with Crippen LogP contribution < -0.4 is 0 Å².